The number of hydrogen-bond acceptors (Lipinski definition) is 6. The van der Waals surface area contributed by atoms with E-state index in [1.54, 1.807) is 6.20 Å². The molecule has 3 aliphatic heterocycles. The molecule has 1 N–H and O–H groups in total. The Morgan fingerprint density at radius 1 is 1.03 bits per heavy atom. The molecular formula is C26H33N3O4. The lowest BCUT2D eigenvalue weighted by Gasteiger charge is -2.38. The Bertz CT molecular complexity index is 954. The molecule has 176 valence electrons. The van der Waals surface area contributed by atoms with Gasteiger partial charge >= 0.3 is 0 Å². The molecule has 2 aromatic rings. The summed E-state index contributed by atoms with van der Waals surface area (Å²) in [7, 11) is 0. The van der Waals surface area contributed by atoms with Crippen molar-refractivity contribution >= 4 is 5.91 Å². The molecule has 5 rings (SSSR count). The maximum absolute atomic E-state index is 13.4. The van der Waals surface area contributed by atoms with Crippen molar-refractivity contribution in [3.05, 3.63) is 48.2 Å². The molecule has 33 heavy (non-hydrogen) atoms. The Labute approximate surface area is 195 Å². The van der Waals surface area contributed by atoms with Crippen LogP contribution >= 0.6 is 0 Å². The van der Waals surface area contributed by atoms with Crippen LogP contribution in [0.1, 0.15) is 50.5 Å². The van der Waals surface area contributed by atoms with Gasteiger partial charge < -0.3 is 19.5 Å². The van der Waals surface area contributed by atoms with Crippen LogP contribution in [0.25, 0.3) is 0 Å². The second-order valence-corrected chi connectivity index (χ2v) is 9.45. The summed E-state index contributed by atoms with van der Waals surface area (Å²) in [6, 6.07) is 12.0. The monoisotopic (exact) mass is 451 g/mol. The van der Waals surface area contributed by atoms with Crippen molar-refractivity contribution in [1.29, 1.82) is 0 Å². The van der Waals surface area contributed by atoms with Crippen LogP contribution in [0.15, 0.2) is 42.6 Å². The highest BCUT2D eigenvalue weighted by atomic mass is 16.5. The Hall–Kier alpha value is -2.64. The standard InChI is InChI=1S/C26H33N3O4/c30-22-15-20-10-11-21(16-22)29(20)25(31)18-28-13-4-1-5-14-32-23-8-2-3-9-24(23)33-26-19(17-28)7-6-12-27-26/h2-3,6-9,12,20-22,30H,1,4-5,10-11,13-18H2. The molecule has 0 radical (unpaired) electrons. The average molecular weight is 452 g/mol. The largest absolute Gasteiger partial charge is 0.490 e. The maximum atomic E-state index is 13.4. The van der Waals surface area contributed by atoms with Gasteiger partial charge in [-0.05, 0) is 69.7 Å². The Morgan fingerprint density at radius 2 is 1.82 bits per heavy atom. The molecule has 0 aliphatic carbocycles. The first-order valence-corrected chi connectivity index (χ1v) is 12.2. The van der Waals surface area contributed by atoms with Crippen molar-refractivity contribution in [2.45, 2.75) is 69.7 Å². The van der Waals surface area contributed by atoms with Gasteiger partial charge in [0.25, 0.3) is 0 Å². The molecule has 2 fully saturated rings. The maximum Gasteiger partial charge on any atom is 0.237 e. The fourth-order valence-corrected chi connectivity index (χ4v) is 5.47. The van der Waals surface area contributed by atoms with E-state index in [9.17, 15) is 9.90 Å². The third-order valence-corrected chi connectivity index (χ3v) is 7.03. The van der Waals surface area contributed by atoms with Crippen LogP contribution in [0.3, 0.4) is 0 Å². The van der Waals surface area contributed by atoms with Crippen LogP contribution in [0, 0.1) is 0 Å². The highest BCUT2D eigenvalue weighted by molar-refractivity contribution is 5.79. The number of aliphatic hydroxyl groups excluding tert-OH is 1. The SMILES string of the molecule is O=C(CN1CCCCCOc2ccccc2Oc2ncccc2C1)N1C2CCC1CC(O)C2. The van der Waals surface area contributed by atoms with Gasteiger partial charge in [-0.1, -0.05) is 18.2 Å². The number of fused-ring (bicyclic) bond motifs is 4. The number of amides is 1. The van der Waals surface area contributed by atoms with Crippen molar-refractivity contribution in [2.75, 3.05) is 19.7 Å². The molecule has 1 aromatic carbocycles. The minimum atomic E-state index is -0.266. The smallest absolute Gasteiger partial charge is 0.237 e. The summed E-state index contributed by atoms with van der Waals surface area (Å²) in [6.07, 6.45) is 7.89. The van der Waals surface area contributed by atoms with E-state index in [0.29, 0.717) is 44.2 Å². The number of benzene rings is 1. The van der Waals surface area contributed by atoms with E-state index in [1.807, 2.05) is 36.4 Å². The number of carbonyl (C=O) groups excluding carboxylic acids is 1. The first kappa shape index (κ1) is 22.2. The molecule has 2 saturated heterocycles. The van der Waals surface area contributed by atoms with Crippen LogP contribution in [-0.2, 0) is 11.3 Å². The first-order valence-electron chi connectivity index (χ1n) is 12.2. The van der Waals surface area contributed by atoms with E-state index < -0.39 is 0 Å². The lowest BCUT2D eigenvalue weighted by atomic mass is 10.00. The topological polar surface area (TPSA) is 75.1 Å². The summed E-state index contributed by atoms with van der Waals surface area (Å²) < 4.78 is 12.2. The van der Waals surface area contributed by atoms with Crippen molar-refractivity contribution in [1.82, 2.24) is 14.8 Å². The van der Waals surface area contributed by atoms with E-state index in [2.05, 4.69) is 14.8 Å². The third kappa shape index (κ3) is 5.14. The Balaban J connectivity index is 1.35. The molecule has 0 saturated carbocycles. The van der Waals surface area contributed by atoms with Crippen LogP contribution in [0.5, 0.6) is 17.4 Å². The van der Waals surface area contributed by atoms with Gasteiger partial charge in [0.2, 0.25) is 11.8 Å². The minimum absolute atomic E-state index is 0.179. The number of hydrogen-bond donors (Lipinski definition) is 1. The molecule has 2 atom stereocenters. The summed E-state index contributed by atoms with van der Waals surface area (Å²) >= 11 is 0. The van der Waals surface area contributed by atoms with E-state index in [4.69, 9.17) is 9.47 Å². The Morgan fingerprint density at radius 3 is 2.64 bits per heavy atom. The summed E-state index contributed by atoms with van der Waals surface area (Å²) in [5, 5.41) is 10.1. The average Bonchev–Trinajstić information content (AvgIpc) is 3.09. The molecule has 3 aliphatic rings. The molecular weight excluding hydrogens is 418 g/mol. The van der Waals surface area contributed by atoms with Crippen molar-refractivity contribution < 1.29 is 19.4 Å². The van der Waals surface area contributed by atoms with Crippen LogP contribution in [-0.4, -0.2) is 63.7 Å². The normalized spacial score (nSPS) is 26.0. The van der Waals surface area contributed by atoms with Gasteiger partial charge in [0.05, 0.1) is 19.3 Å². The van der Waals surface area contributed by atoms with E-state index in [0.717, 1.165) is 50.0 Å². The van der Waals surface area contributed by atoms with Crippen molar-refractivity contribution in [3.8, 4) is 17.4 Å². The summed E-state index contributed by atoms with van der Waals surface area (Å²) in [5.41, 5.74) is 0.955. The molecule has 2 unspecified atom stereocenters. The lowest BCUT2D eigenvalue weighted by molar-refractivity contribution is -0.138. The number of aliphatic hydroxyl groups is 1. The number of ether oxygens (including phenoxy) is 2. The Kier molecular flexibility index (Phi) is 6.78. The van der Waals surface area contributed by atoms with Crippen LogP contribution in [0.4, 0.5) is 0 Å². The number of pyridine rings is 1. The fourth-order valence-electron chi connectivity index (χ4n) is 5.47. The lowest BCUT2D eigenvalue weighted by Crippen LogP contribution is -2.51. The quantitative estimate of drug-likeness (QED) is 0.750. The van der Waals surface area contributed by atoms with Gasteiger partial charge in [-0.3, -0.25) is 9.69 Å². The predicted molar refractivity (Wildman–Crippen MR) is 124 cm³/mol. The molecule has 0 spiro atoms. The zero-order valence-corrected chi connectivity index (χ0v) is 19.1. The van der Waals surface area contributed by atoms with Gasteiger partial charge in [-0.2, -0.15) is 0 Å². The number of rotatable bonds is 2. The summed E-state index contributed by atoms with van der Waals surface area (Å²) in [6.45, 7) is 2.45. The second kappa shape index (κ2) is 10.1. The molecule has 4 heterocycles. The van der Waals surface area contributed by atoms with Crippen LogP contribution < -0.4 is 9.47 Å². The van der Waals surface area contributed by atoms with E-state index >= 15 is 0 Å². The van der Waals surface area contributed by atoms with Crippen molar-refractivity contribution in [3.63, 3.8) is 0 Å². The number of carbonyl (C=O) groups is 1. The third-order valence-electron chi connectivity index (χ3n) is 7.03. The number of piperidine rings is 1. The minimum Gasteiger partial charge on any atom is -0.490 e. The highest BCUT2D eigenvalue weighted by Gasteiger charge is 2.42. The summed E-state index contributed by atoms with van der Waals surface area (Å²) in [4.78, 5) is 22.2. The molecule has 7 heteroatoms. The van der Waals surface area contributed by atoms with Crippen LogP contribution in [0.2, 0.25) is 0 Å². The molecule has 1 aromatic heterocycles. The zero-order chi connectivity index (χ0) is 22.6. The van der Waals surface area contributed by atoms with Gasteiger partial charge in [0.15, 0.2) is 11.5 Å². The van der Waals surface area contributed by atoms with Gasteiger partial charge in [-0.25, -0.2) is 4.98 Å². The molecule has 1 amide bonds. The molecule has 2 bridgehead atoms. The highest BCUT2D eigenvalue weighted by Crippen LogP contribution is 2.36. The van der Waals surface area contributed by atoms with E-state index in [-0.39, 0.29) is 24.1 Å². The zero-order valence-electron chi connectivity index (χ0n) is 19.1. The van der Waals surface area contributed by atoms with Gasteiger partial charge in [0, 0.05) is 30.4 Å². The van der Waals surface area contributed by atoms with E-state index in [1.165, 1.54) is 0 Å². The first-order chi connectivity index (χ1) is 16.2. The summed E-state index contributed by atoms with van der Waals surface area (Å²) in [5.74, 6) is 2.11. The predicted octanol–water partition coefficient (Wildman–Crippen LogP) is 3.75. The number of aromatic nitrogens is 1. The second-order valence-electron chi connectivity index (χ2n) is 9.45. The fraction of sp³-hybridized carbons (Fsp3) is 0.538. The van der Waals surface area contributed by atoms with Gasteiger partial charge in [0.1, 0.15) is 0 Å². The molecule has 7 nitrogen and oxygen atoms in total. The number of para-hydroxylation sites is 2. The number of nitrogens with zero attached hydrogens (tertiary/aromatic N) is 3. The van der Waals surface area contributed by atoms with Crippen molar-refractivity contribution in [2.24, 2.45) is 0 Å². The van der Waals surface area contributed by atoms with Gasteiger partial charge in [-0.15, -0.1) is 0 Å².